The fourth-order valence-electron chi connectivity index (χ4n) is 2.86. The van der Waals surface area contributed by atoms with Crippen LogP contribution < -0.4 is 10.6 Å². The van der Waals surface area contributed by atoms with Crippen molar-refractivity contribution in [3.05, 3.63) is 0 Å². The summed E-state index contributed by atoms with van der Waals surface area (Å²) in [5.41, 5.74) is 0.234. The largest absolute Gasteiger partial charge is 0.374 e. The van der Waals surface area contributed by atoms with E-state index in [1.807, 2.05) is 0 Å². The Bertz CT molecular complexity index is 354. The van der Waals surface area contributed by atoms with Gasteiger partial charge in [-0.3, -0.25) is 15.1 Å². The van der Waals surface area contributed by atoms with Crippen LogP contribution in [0.25, 0.3) is 0 Å². The van der Waals surface area contributed by atoms with Crippen molar-refractivity contribution >= 4 is 11.7 Å². The zero-order valence-corrected chi connectivity index (χ0v) is 14.8. The molecule has 1 amide bonds. The first-order chi connectivity index (χ1) is 10.3. The predicted molar refractivity (Wildman–Crippen MR) is 92.4 cm³/mol. The SMILES string of the molecule is CC(=N)NCCCCCC(=O)NC1CCN(C(C)(C)C)CC1. The Morgan fingerprint density at radius 1 is 1.18 bits per heavy atom. The lowest BCUT2D eigenvalue weighted by atomic mass is 9.98. The molecule has 5 heteroatoms. The molecule has 0 atom stereocenters. The molecule has 1 fully saturated rings. The molecule has 0 aromatic heterocycles. The van der Waals surface area contributed by atoms with Gasteiger partial charge in [-0.05, 0) is 53.4 Å². The zero-order valence-electron chi connectivity index (χ0n) is 14.8. The van der Waals surface area contributed by atoms with E-state index in [9.17, 15) is 4.79 Å². The molecule has 1 rings (SSSR count). The maximum absolute atomic E-state index is 12.0. The standard InChI is InChI=1S/C17H34N4O/c1-14(18)19-11-7-5-6-8-16(22)20-15-9-12-21(13-10-15)17(2,3)4/h15H,5-13H2,1-4H3,(H2,18,19)(H,20,22). The second kappa shape index (κ2) is 9.13. The number of amidine groups is 1. The van der Waals surface area contributed by atoms with Gasteiger partial charge in [-0.2, -0.15) is 0 Å². The molecule has 0 aromatic carbocycles. The van der Waals surface area contributed by atoms with Crippen molar-refractivity contribution in [3.63, 3.8) is 0 Å². The summed E-state index contributed by atoms with van der Waals surface area (Å²) in [6.07, 6.45) is 5.75. The second-order valence-electron chi connectivity index (χ2n) is 7.36. The molecule has 0 radical (unpaired) electrons. The number of nitrogens with zero attached hydrogens (tertiary/aromatic N) is 1. The number of rotatable bonds is 7. The number of nitrogens with one attached hydrogen (secondary N) is 3. The molecule has 1 aliphatic heterocycles. The Kier molecular flexibility index (Phi) is 7.87. The van der Waals surface area contributed by atoms with E-state index < -0.39 is 0 Å². The molecule has 0 bridgehead atoms. The van der Waals surface area contributed by atoms with E-state index in [4.69, 9.17) is 5.41 Å². The van der Waals surface area contributed by atoms with Gasteiger partial charge in [-0.25, -0.2) is 0 Å². The van der Waals surface area contributed by atoms with Gasteiger partial charge < -0.3 is 10.6 Å². The van der Waals surface area contributed by atoms with Crippen LogP contribution in [0.4, 0.5) is 0 Å². The maximum Gasteiger partial charge on any atom is 0.220 e. The highest BCUT2D eigenvalue weighted by molar-refractivity contribution is 5.76. The van der Waals surface area contributed by atoms with Crippen LogP contribution in [0.1, 0.15) is 66.2 Å². The minimum Gasteiger partial charge on any atom is -0.374 e. The van der Waals surface area contributed by atoms with Crippen LogP contribution in [-0.2, 0) is 4.79 Å². The van der Waals surface area contributed by atoms with Crippen LogP contribution in [0, 0.1) is 5.41 Å². The van der Waals surface area contributed by atoms with Gasteiger partial charge in [-0.15, -0.1) is 0 Å². The lowest BCUT2D eigenvalue weighted by Crippen LogP contribution is -2.50. The minimum absolute atomic E-state index is 0.199. The van der Waals surface area contributed by atoms with Gasteiger partial charge in [0.25, 0.3) is 0 Å². The number of carbonyl (C=O) groups excluding carboxylic acids is 1. The molecule has 3 N–H and O–H groups in total. The smallest absolute Gasteiger partial charge is 0.220 e. The van der Waals surface area contributed by atoms with Crippen molar-refractivity contribution in [1.29, 1.82) is 5.41 Å². The number of hydrogen-bond acceptors (Lipinski definition) is 3. The van der Waals surface area contributed by atoms with Gasteiger partial charge in [0, 0.05) is 37.6 Å². The highest BCUT2D eigenvalue weighted by Gasteiger charge is 2.27. The van der Waals surface area contributed by atoms with E-state index in [0.717, 1.165) is 51.7 Å². The lowest BCUT2D eigenvalue weighted by Gasteiger charge is -2.41. The number of likely N-dealkylation sites (tertiary alicyclic amines) is 1. The summed E-state index contributed by atoms with van der Waals surface area (Å²) in [4.78, 5) is 14.5. The Morgan fingerprint density at radius 3 is 2.36 bits per heavy atom. The molecule has 5 nitrogen and oxygen atoms in total. The summed E-state index contributed by atoms with van der Waals surface area (Å²) in [5.74, 6) is 0.713. The summed E-state index contributed by atoms with van der Waals surface area (Å²) in [6, 6.07) is 0.355. The van der Waals surface area contributed by atoms with Gasteiger partial charge in [-0.1, -0.05) is 6.42 Å². The van der Waals surface area contributed by atoms with Crippen LogP contribution in [0.3, 0.4) is 0 Å². The van der Waals surface area contributed by atoms with Crippen molar-refractivity contribution < 1.29 is 4.79 Å². The molecule has 1 aliphatic rings. The average molecular weight is 310 g/mol. The van der Waals surface area contributed by atoms with Crippen LogP contribution >= 0.6 is 0 Å². The van der Waals surface area contributed by atoms with E-state index in [2.05, 4.69) is 36.3 Å². The van der Waals surface area contributed by atoms with E-state index in [-0.39, 0.29) is 11.4 Å². The predicted octanol–water partition coefficient (Wildman–Crippen LogP) is 2.51. The Labute approximate surface area is 135 Å². The Morgan fingerprint density at radius 2 is 1.82 bits per heavy atom. The third-order valence-corrected chi connectivity index (χ3v) is 4.28. The minimum atomic E-state index is 0.199. The normalized spacial score (nSPS) is 17.3. The number of amides is 1. The third-order valence-electron chi connectivity index (χ3n) is 4.28. The summed E-state index contributed by atoms with van der Waals surface area (Å²) in [5, 5.41) is 13.4. The Balaban J connectivity index is 2.08. The number of unbranched alkanes of at least 4 members (excludes halogenated alkanes) is 2. The summed E-state index contributed by atoms with van der Waals surface area (Å²) < 4.78 is 0. The van der Waals surface area contributed by atoms with E-state index in [0.29, 0.717) is 18.3 Å². The fourth-order valence-corrected chi connectivity index (χ4v) is 2.86. The first-order valence-electron chi connectivity index (χ1n) is 8.62. The van der Waals surface area contributed by atoms with E-state index in [1.165, 1.54) is 0 Å². The van der Waals surface area contributed by atoms with Crippen molar-refractivity contribution in [2.45, 2.75) is 77.8 Å². The maximum atomic E-state index is 12.0. The first kappa shape index (κ1) is 18.9. The van der Waals surface area contributed by atoms with Gasteiger partial charge >= 0.3 is 0 Å². The molecule has 0 aliphatic carbocycles. The summed E-state index contributed by atoms with van der Waals surface area (Å²) >= 11 is 0. The van der Waals surface area contributed by atoms with Crippen LogP contribution in [0.15, 0.2) is 0 Å². The van der Waals surface area contributed by atoms with Gasteiger partial charge in [0.05, 0.1) is 5.84 Å². The van der Waals surface area contributed by atoms with E-state index in [1.54, 1.807) is 6.92 Å². The average Bonchev–Trinajstić information content (AvgIpc) is 2.42. The molecule has 128 valence electrons. The molecule has 0 aromatic rings. The van der Waals surface area contributed by atoms with Gasteiger partial charge in [0.15, 0.2) is 0 Å². The Hall–Kier alpha value is -1.10. The number of hydrogen-bond donors (Lipinski definition) is 3. The molecule has 0 unspecified atom stereocenters. The van der Waals surface area contributed by atoms with Gasteiger partial charge in [0.1, 0.15) is 0 Å². The fraction of sp³-hybridized carbons (Fsp3) is 0.882. The molecule has 1 heterocycles. The monoisotopic (exact) mass is 310 g/mol. The van der Waals surface area contributed by atoms with Gasteiger partial charge in [0.2, 0.25) is 5.91 Å². The zero-order chi connectivity index (χ0) is 16.6. The summed E-state index contributed by atoms with van der Waals surface area (Å²) in [7, 11) is 0. The highest BCUT2D eigenvalue weighted by Crippen LogP contribution is 2.20. The van der Waals surface area contributed by atoms with Crippen LogP contribution in [0.2, 0.25) is 0 Å². The molecule has 0 spiro atoms. The molecule has 22 heavy (non-hydrogen) atoms. The highest BCUT2D eigenvalue weighted by atomic mass is 16.1. The van der Waals surface area contributed by atoms with E-state index >= 15 is 0 Å². The van der Waals surface area contributed by atoms with Crippen molar-refractivity contribution in [2.75, 3.05) is 19.6 Å². The van der Waals surface area contributed by atoms with Crippen LogP contribution in [-0.4, -0.2) is 47.9 Å². The van der Waals surface area contributed by atoms with Crippen molar-refractivity contribution in [2.24, 2.45) is 0 Å². The number of piperidine rings is 1. The molecular formula is C17H34N4O. The number of carbonyl (C=O) groups is 1. The first-order valence-corrected chi connectivity index (χ1v) is 8.62. The topological polar surface area (TPSA) is 68.2 Å². The van der Waals surface area contributed by atoms with Crippen molar-refractivity contribution in [1.82, 2.24) is 15.5 Å². The molecule has 1 saturated heterocycles. The van der Waals surface area contributed by atoms with Crippen LogP contribution in [0.5, 0.6) is 0 Å². The molecular weight excluding hydrogens is 276 g/mol. The second-order valence-corrected chi connectivity index (χ2v) is 7.36. The van der Waals surface area contributed by atoms with Crippen molar-refractivity contribution in [3.8, 4) is 0 Å². The molecule has 0 saturated carbocycles. The quantitative estimate of drug-likeness (QED) is 0.384. The summed E-state index contributed by atoms with van der Waals surface area (Å²) in [6.45, 7) is 11.5. The third kappa shape index (κ3) is 7.78. The lowest BCUT2D eigenvalue weighted by molar-refractivity contribution is -0.122.